The Morgan fingerprint density at radius 3 is 2.31 bits per heavy atom. The Hall–Kier alpha value is -5.14. The molecule has 45 heavy (non-hydrogen) atoms. The van der Waals surface area contributed by atoms with Crippen molar-refractivity contribution in [1.29, 1.82) is 5.41 Å². The van der Waals surface area contributed by atoms with Gasteiger partial charge >= 0.3 is 0 Å². The highest BCUT2D eigenvalue weighted by Gasteiger charge is 2.28. The lowest BCUT2D eigenvalue weighted by atomic mass is 10.1. The van der Waals surface area contributed by atoms with Gasteiger partial charge in [-0.05, 0) is 42.5 Å². The fraction of sp³-hybridized carbons (Fsp3) is 0.250. The van der Waals surface area contributed by atoms with Gasteiger partial charge in [-0.3, -0.25) is 14.4 Å². The number of carbonyl (C=O) groups excluding carboxylic acids is 3. The number of anilines is 3. The van der Waals surface area contributed by atoms with Gasteiger partial charge in [0.05, 0.1) is 28.3 Å². The Kier molecular flexibility index (Phi) is 8.54. The molecule has 0 atom stereocenters. The number of benzene rings is 2. The third kappa shape index (κ3) is 6.12. The molecule has 230 valence electrons. The summed E-state index contributed by atoms with van der Waals surface area (Å²) in [5.74, 6) is 0.595. The summed E-state index contributed by atoms with van der Waals surface area (Å²) in [5, 5.41) is 10.6. The molecule has 2 aliphatic rings. The molecule has 2 aromatic heterocycles. The van der Waals surface area contributed by atoms with Crippen LogP contribution in [-0.4, -0.2) is 96.2 Å². The molecule has 0 aliphatic carbocycles. The van der Waals surface area contributed by atoms with Gasteiger partial charge in [0.1, 0.15) is 0 Å². The topological polar surface area (TPSA) is 158 Å². The number of nitrogen functional groups attached to an aromatic ring is 1. The molecule has 4 N–H and O–H groups in total. The first-order chi connectivity index (χ1) is 21.9. The van der Waals surface area contributed by atoms with Crippen LogP contribution in [0.4, 0.5) is 17.2 Å². The summed E-state index contributed by atoms with van der Waals surface area (Å²) in [6, 6.07) is 13.9. The molecule has 2 saturated heterocycles. The quantitative estimate of drug-likeness (QED) is 0.160. The van der Waals surface area contributed by atoms with E-state index in [4.69, 9.17) is 25.8 Å². The zero-order valence-electron chi connectivity index (χ0n) is 24.5. The van der Waals surface area contributed by atoms with Crippen LogP contribution in [0.1, 0.15) is 25.6 Å². The first-order valence-corrected chi connectivity index (χ1v) is 15.3. The Balaban J connectivity index is 1.22. The summed E-state index contributed by atoms with van der Waals surface area (Å²) in [5.41, 5.74) is 9.54. The molecule has 2 fully saturated rings. The van der Waals surface area contributed by atoms with E-state index in [0.717, 1.165) is 10.5 Å². The number of hydrogen-bond acceptors (Lipinski definition) is 10. The third-order valence-corrected chi connectivity index (χ3v) is 8.95. The molecule has 4 aromatic rings. The van der Waals surface area contributed by atoms with Crippen molar-refractivity contribution in [2.24, 2.45) is 0 Å². The molecular weight excluding hydrogens is 592 g/mol. The van der Waals surface area contributed by atoms with E-state index in [1.165, 1.54) is 23.6 Å². The van der Waals surface area contributed by atoms with Crippen LogP contribution in [0.15, 0.2) is 61.2 Å². The number of ether oxygens (including phenoxy) is 1. The van der Waals surface area contributed by atoms with Crippen molar-refractivity contribution in [2.45, 2.75) is 0 Å². The van der Waals surface area contributed by atoms with Crippen molar-refractivity contribution in [2.75, 3.05) is 68.4 Å². The lowest BCUT2D eigenvalue weighted by Crippen LogP contribution is -2.50. The van der Waals surface area contributed by atoms with Crippen LogP contribution in [0, 0.1) is 5.41 Å². The average molecular weight is 625 g/mol. The Labute approximate surface area is 263 Å². The van der Waals surface area contributed by atoms with Gasteiger partial charge in [-0.15, -0.1) is 11.3 Å². The summed E-state index contributed by atoms with van der Waals surface area (Å²) < 4.78 is 6.38. The summed E-state index contributed by atoms with van der Waals surface area (Å²) in [6.07, 6.45) is 2.39. The second-order valence-corrected chi connectivity index (χ2v) is 11.7. The Morgan fingerprint density at radius 2 is 1.64 bits per heavy atom. The minimum absolute atomic E-state index is 0.119. The van der Waals surface area contributed by atoms with Gasteiger partial charge in [0.25, 0.3) is 11.8 Å². The van der Waals surface area contributed by atoms with E-state index in [2.05, 4.69) is 16.8 Å². The second kappa shape index (κ2) is 12.8. The lowest BCUT2D eigenvalue weighted by Gasteiger charge is -2.34. The van der Waals surface area contributed by atoms with E-state index in [1.807, 2.05) is 12.1 Å². The van der Waals surface area contributed by atoms with Gasteiger partial charge in [-0.2, -0.15) is 0 Å². The average Bonchev–Trinajstić information content (AvgIpc) is 3.52. The highest BCUT2D eigenvalue weighted by atomic mass is 32.1. The smallest absolute Gasteiger partial charge is 0.264 e. The van der Waals surface area contributed by atoms with E-state index >= 15 is 0 Å². The van der Waals surface area contributed by atoms with Crippen LogP contribution >= 0.6 is 11.3 Å². The number of aromatic nitrogens is 2. The summed E-state index contributed by atoms with van der Waals surface area (Å²) in [6.45, 7) is 7.47. The first kappa shape index (κ1) is 29.9. The fourth-order valence-electron chi connectivity index (χ4n) is 5.41. The SMILES string of the molecule is C=CC(=O)Nc1ccc(C(=O)N2CCN(C(=O)c3cc4nc(-c5cccc(N)c5C=N)nc(N5CCOCC5)c4s3)CC2)cc1. The number of carbonyl (C=O) groups is 3. The van der Waals surface area contributed by atoms with Crippen molar-refractivity contribution in [3.8, 4) is 11.4 Å². The first-order valence-electron chi connectivity index (χ1n) is 14.5. The van der Waals surface area contributed by atoms with E-state index in [0.29, 0.717) is 96.8 Å². The molecular formula is C32H32N8O4S. The molecule has 2 aromatic carbocycles. The van der Waals surface area contributed by atoms with Crippen LogP contribution in [0.2, 0.25) is 0 Å². The number of piperazine rings is 1. The number of fused-ring (bicyclic) bond motifs is 1. The molecule has 3 amide bonds. The van der Waals surface area contributed by atoms with Gasteiger partial charge in [-0.25, -0.2) is 9.97 Å². The van der Waals surface area contributed by atoms with Gasteiger partial charge in [0, 0.05) is 73.5 Å². The van der Waals surface area contributed by atoms with Crippen molar-refractivity contribution in [3.05, 3.63) is 77.2 Å². The maximum Gasteiger partial charge on any atom is 0.264 e. The minimum Gasteiger partial charge on any atom is -0.398 e. The van der Waals surface area contributed by atoms with Crippen molar-refractivity contribution in [1.82, 2.24) is 19.8 Å². The van der Waals surface area contributed by atoms with Gasteiger partial charge in [0.2, 0.25) is 5.91 Å². The molecule has 0 spiro atoms. The predicted octanol–water partition coefficient (Wildman–Crippen LogP) is 3.50. The number of nitrogens with two attached hydrogens (primary N) is 1. The Bertz CT molecular complexity index is 1790. The van der Waals surface area contributed by atoms with Crippen molar-refractivity contribution >= 4 is 62.7 Å². The normalized spacial score (nSPS) is 15.2. The van der Waals surface area contributed by atoms with Crippen LogP contribution in [0.5, 0.6) is 0 Å². The number of hydrogen-bond donors (Lipinski definition) is 3. The monoisotopic (exact) mass is 624 g/mol. The van der Waals surface area contributed by atoms with Crippen LogP contribution in [0.25, 0.3) is 21.6 Å². The molecule has 0 saturated carbocycles. The largest absolute Gasteiger partial charge is 0.398 e. The number of thiophene rings is 1. The van der Waals surface area contributed by atoms with E-state index in [-0.39, 0.29) is 17.7 Å². The van der Waals surface area contributed by atoms with Crippen molar-refractivity contribution in [3.63, 3.8) is 0 Å². The van der Waals surface area contributed by atoms with Crippen LogP contribution in [0.3, 0.4) is 0 Å². The lowest BCUT2D eigenvalue weighted by molar-refractivity contribution is -0.111. The zero-order chi connectivity index (χ0) is 31.5. The maximum atomic E-state index is 13.7. The number of rotatable bonds is 7. The number of nitrogens with one attached hydrogen (secondary N) is 2. The molecule has 6 rings (SSSR count). The van der Waals surface area contributed by atoms with Crippen LogP contribution in [-0.2, 0) is 9.53 Å². The zero-order valence-corrected chi connectivity index (χ0v) is 25.3. The molecule has 12 nitrogen and oxygen atoms in total. The molecule has 13 heteroatoms. The number of nitrogens with zero attached hydrogens (tertiary/aromatic N) is 5. The number of morpholine rings is 1. The van der Waals surface area contributed by atoms with Gasteiger partial charge in [-0.1, -0.05) is 18.7 Å². The van der Waals surface area contributed by atoms with Gasteiger partial charge in [0.15, 0.2) is 11.6 Å². The second-order valence-electron chi connectivity index (χ2n) is 10.6. The van der Waals surface area contributed by atoms with Crippen LogP contribution < -0.4 is 16.0 Å². The van der Waals surface area contributed by atoms with Gasteiger partial charge < -0.3 is 35.9 Å². The standard InChI is InChI=1S/C32H32N8O4S/c1-2-27(41)35-21-8-6-20(7-9-21)31(42)39-10-12-40(13-11-39)32(43)26-18-25-28(45-26)30(38-14-16-44-17-15-38)37-29(36-25)22-4-3-5-24(34)23(22)19-33/h2-9,18-19,33H,1,10-17,34H2,(H,35,41). The fourth-order valence-corrected chi connectivity index (χ4v) is 6.49. The molecule has 2 aliphatic heterocycles. The van der Waals surface area contributed by atoms with E-state index < -0.39 is 0 Å². The maximum absolute atomic E-state index is 13.7. The highest BCUT2D eigenvalue weighted by Crippen LogP contribution is 2.36. The van der Waals surface area contributed by atoms with E-state index in [1.54, 1.807) is 46.2 Å². The number of amides is 3. The summed E-state index contributed by atoms with van der Waals surface area (Å²) in [4.78, 5) is 54.3. The molecule has 0 radical (unpaired) electrons. The summed E-state index contributed by atoms with van der Waals surface area (Å²) in [7, 11) is 0. The molecule has 0 bridgehead atoms. The Morgan fingerprint density at radius 1 is 0.956 bits per heavy atom. The molecule has 4 heterocycles. The summed E-state index contributed by atoms with van der Waals surface area (Å²) >= 11 is 1.36. The highest BCUT2D eigenvalue weighted by molar-refractivity contribution is 7.21. The third-order valence-electron chi connectivity index (χ3n) is 7.84. The minimum atomic E-state index is -0.323. The molecule has 0 unspecified atom stereocenters. The predicted molar refractivity (Wildman–Crippen MR) is 175 cm³/mol. The van der Waals surface area contributed by atoms with Crippen molar-refractivity contribution < 1.29 is 19.1 Å². The van der Waals surface area contributed by atoms with E-state index in [9.17, 15) is 14.4 Å².